The third kappa shape index (κ3) is 4.22. The monoisotopic (exact) mass is 442 g/mol. The summed E-state index contributed by atoms with van der Waals surface area (Å²) >= 11 is 0. The van der Waals surface area contributed by atoms with Gasteiger partial charge in [0, 0.05) is 32.2 Å². The Bertz CT molecular complexity index is 905. The van der Waals surface area contributed by atoms with Gasteiger partial charge in [0.25, 0.3) is 0 Å². The number of nitrogens with one attached hydrogen (secondary N) is 1. The highest BCUT2D eigenvalue weighted by molar-refractivity contribution is 5.91. The van der Waals surface area contributed by atoms with Crippen molar-refractivity contribution in [2.75, 3.05) is 33.2 Å². The van der Waals surface area contributed by atoms with Crippen molar-refractivity contribution in [2.24, 2.45) is 11.8 Å². The lowest BCUT2D eigenvalue weighted by Gasteiger charge is -2.45. The predicted molar refractivity (Wildman–Crippen MR) is 117 cm³/mol. The van der Waals surface area contributed by atoms with Crippen molar-refractivity contribution in [3.63, 3.8) is 0 Å². The van der Waals surface area contributed by atoms with Gasteiger partial charge in [-0.1, -0.05) is 36.4 Å². The van der Waals surface area contributed by atoms with E-state index in [0.29, 0.717) is 32.6 Å². The molecule has 3 amide bonds. The van der Waals surface area contributed by atoms with Gasteiger partial charge in [-0.15, -0.1) is 0 Å². The summed E-state index contributed by atoms with van der Waals surface area (Å²) in [7, 11) is 1.80. The molecule has 1 aromatic rings. The minimum atomic E-state index is -0.951. The number of hydrogen-bond donors (Lipinski definition) is 3. The molecule has 0 spiro atoms. The molecule has 3 aliphatic heterocycles. The van der Waals surface area contributed by atoms with Crippen LogP contribution >= 0.6 is 0 Å². The molecule has 32 heavy (non-hydrogen) atoms. The quantitative estimate of drug-likeness (QED) is 0.481. The van der Waals surface area contributed by atoms with Crippen LogP contribution in [-0.2, 0) is 9.59 Å². The van der Waals surface area contributed by atoms with Crippen molar-refractivity contribution in [2.45, 2.75) is 31.3 Å². The summed E-state index contributed by atoms with van der Waals surface area (Å²) in [5, 5.41) is 18.9. The fourth-order valence-electron chi connectivity index (χ4n) is 5.58. The van der Waals surface area contributed by atoms with Crippen molar-refractivity contribution >= 4 is 23.5 Å². The van der Waals surface area contributed by atoms with Gasteiger partial charge in [0.05, 0.1) is 5.92 Å². The summed E-state index contributed by atoms with van der Waals surface area (Å²) in [6.45, 7) is 1.95. The van der Waals surface area contributed by atoms with Crippen molar-refractivity contribution in [3.8, 4) is 0 Å². The van der Waals surface area contributed by atoms with Crippen LogP contribution < -0.4 is 5.48 Å². The van der Waals surface area contributed by atoms with E-state index in [-0.39, 0.29) is 17.9 Å². The lowest BCUT2D eigenvalue weighted by Crippen LogP contribution is -2.60. The topological polar surface area (TPSA) is 113 Å². The van der Waals surface area contributed by atoms with Crippen molar-refractivity contribution < 1.29 is 24.7 Å². The Labute approximate surface area is 187 Å². The molecule has 3 heterocycles. The first-order chi connectivity index (χ1) is 15.4. The van der Waals surface area contributed by atoms with Gasteiger partial charge in [-0.2, -0.15) is 0 Å². The zero-order valence-corrected chi connectivity index (χ0v) is 18.2. The molecule has 3 N–H and O–H groups in total. The van der Waals surface area contributed by atoms with Gasteiger partial charge in [0.15, 0.2) is 0 Å². The standard InChI is InChI=1S/C23H30N4O5/c1-25-13-17(19-8-5-10-27(19)23(30)31)12-18(21(28)24-32)20(25)22(29)26-11-9-16(14-26)15-6-3-2-4-7-15/h2-4,6-7,9,17-20,32H,5,8,10-14H2,1H3,(H,24,28)(H,30,31)/t17-,18-,19?,20-/m0/s1. The number of hydrogen-bond acceptors (Lipinski definition) is 5. The lowest BCUT2D eigenvalue weighted by atomic mass is 9.78. The van der Waals surface area contributed by atoms with Crippen LogP contribution in [0, 0.1) is 11.8 Å². The molecule has 9 nitrogen and oxygen atoms in total. The van der Waals surface area contributed by atoms with E-state index < -0.39 is 24.0 Å². The Hall–Kier alpha value is -2.91. The summed E-state index contributed by atoms with van der Waals surface area (Å²) in [6, 6.07) is 8.99. The summed E-state index contributed by atoms with van der Waals surface area (Å²) in [6.07, 6.45) is 2.97. The van der Waals surface area contributed by atoms with Crippen molar-refractivity contribution in [3.05, 3.63) is 42.0 Å². The minimum Gasteiger partial charge on any atom is -0.465 e. The van der Waals surface area contributed by atoms with Crippen LogP contribution in [0.25, 0.3) is 5.57 Å². The maximum atomic E-state index is 13.5. The number of carboxylic acid groups (broad SMARTS) is 1. The molecule has 4 rings (SSSR count). The molecule has 0 radical (unpaired) electrons. The highest BCUT2D eigenvalue weighted by Gasteiger charge is 2.48. The van der Waals surface area contributed by atoms with Crippen LogP contribution in [0.4, 0.5) is 4.79 Å². The molecule has 4 atom stereocenters. The van der Waals surface area contributed by atoms with E-state index in [2.05, 4.69) is 0 Å². The van der Waals surface area contributed by atoms with E-state index in [0.717, 1.165) is 24.0 Å². The Morgan fingerprint density at radius 2 is 1.91 bits per heavy atom. The van der Waals surface area contributed by atoms with Crippen LogP contribution in [0.15, 0.2) is 36.4 Å². The summed E-state index contributed by atoms with van der Waals surface area (Å²) < 4.78 is 0. The number of carbonyl (C=O) groups is 3. The highest BCUT2D eigenvalue weighted by Crippen LogP contribution is 2.36. The number of benzene rings is 1. The number of amides is 3. The number of carbonyl (C=O) groups excluding carboxylic acids is 2. The predicted octanol–water partition coefficient (Wildman–Crippen LogP) is 1.50. The molecule has 9 heteroatoms. The van der Waals surface area contributed by atoms with Gasteiger partial charge in [-0.25, -0.2) is 10.3 Å². The third-order valence-corrected chi connectivity index (χ3v) is 7.10. The number of rotatable bonds is 4. The number of piperidine rings is 1. The Balaban J connectivity index is 1.50. The fraction of sp³-hybridized carbons (Fsp3) is 0.522. The molecule has 2 fully saturated rings. The van der Waals surface area contributed by atoms with Gasteiger partial charge in [-0.05, 0) is 43.4 Å². The smallest absolute Gasteiger partial charge is 0.407 e. The molecule has 1 aromatic carbocycles. The second-order valence-corrected chi connectivity index (χ2v) is 8.96. The number of likely N-dealkylation sites (N-methyl/N-ethyl adjacent to an activating group) is 1. The Morgan fingerprint density at radius 3 is 2.59 bits per heavy atom. The molecule has 2 saturated heterocycles. The van der Waals surface area contributed by atoms with Crippen molar-refractivity contribution in [1.29, 1.82) is 0 Å². The van der Waals surface area contributed by atoms with Crippen LogP contribution in [0.3, 0.4) is 0 Å². The average molecular weight is 443 g/mol. The van der Waals surface area contributed by atoms with Crippen LogP contribution in [0.1, 0.15) is 24.8 Å². The molecular formula is C23H30N4O5. The molecule has 3 aliphatic rings. The lowest BCUT2D eigenvalue weighted by molar-refractivity contribution is -0.149. The SMILES string of the molecule is CN1C[C@@H](C2CCCN2C(=O)O)C[C@H](C(=O)NO)[C@H]1C(=O)N1CC=C(c2ccccc2)C1. The Morgan fingerprint density at radius 1 is 1.16 bits per heavy atom. The van der Waals surface area contributed by atoms with E-state index in [9.17, 15) is 24.7 Å². The van der Waals surface area contributed by atoms with E-state index >= 15 is 0 Å². The Kier molecular flexibility index (Phi) is 6.48. The van der Waals surface area contributed by atoms with E-state index in [1.807, 2.05) is 41.3 Å². The first kappa shape index (κ1) is 22.3. The maximum Gasteiger partial charge on any atom is 0.407 e. The first-order valence-electron chi connectivity index (χ1n) is 11.1. The summed E-state index contributed by atoms with van der Waals surface area (Å²) in [5.41, 5.74) is 3.87. The number of hydroxylamine groups is 1. The summed E-state index contributed by atoms with van der Waals surface area (Å²) in [4.78, 5) is 42.8. The largest absolute Gasteiger partial charge is 0.465 e. The van der Waals surface area contributed by atoms with Crippen LogP contribution in [0.2, 0.25) is 0 Å². The van der Waals surface area contributed by atoms with E-state index in [1.54, 1.807) is 17.4 Å². The highest BCUT2D eigenvalue weighted by atomic mass is 16.5. The van der Waals surface area contributed by atoms with Crippen LogP contribution in [0.5, 0.6) is 0 Å². The number of likely N-dealkylation sites (tertiary alicyclic amines) is 2. The normalized spacial score (nSPS) is 28.5. The van der Waals surface area contributed by atoms with Gasteiger partial charge < -0.3 is 14.9 Å². The first-order valence-corrected chi connectivity index (χ1v) is 11.1. The molecule has 0 saturated carbocycles. The fourth-order valence-corrected chi connectivity index (χ4v) is 5.58. The van der Waals surface area contributed by atoms with Crippen LogP contribution in [-0.4, -0.2) is 88.2 Å². The molecular weight excluding hydrogens is 412 g/mol. The maximum absolute atomic E-state index is 13.5. The van der Waals surface area contributed by atoms with Gasteiger partial charge in [-0.3, -0.25) is 19.7 Å². The number of nitrogens with zero attached hydrogens (tertiary/aromatic N) is 3. The zero-order chi connectivity index (χ0) is 22.8. The second kappa shape index (κ2) is 9.30. The van der Waals surface area contributed by atoms with Gasteiger partial charge in [0.1, 0.15) is 6.04 Å². The molecule has 172 valence electrons. The minimum absolute atomic E-state index is 0.0819. The van der Waals surface area contributed by atoms with E-state index in [4.69, 9.17) is 0 Å². The average Bonchev–Trinajstić information content (AvgIpc) is 3.48. The third-order valence-electron chi connectivity index (χ3n) is 7.10. The second-order valence-electron chi connectivity index (χ2n) is 8.96. The molecule has 0 bridgehead atoms. The van der Waals surface area contributed by atoms with Gasteiger partial charge >= 0.3 is 6.09 Å². The molecule has 0 aromatic heterocycles. The zero-order valence-electron chi connectivity index (χ0n) is 18.2. The molecule has 1 unspecified atom stereocenters. The van der Waals surface area contributed by atoms with Gasteiger partial charge in [0.2, 0.25) is 11.8 Å². The molecule has 0 aliphatic carbocycles. The van der Waals surface area contributed by atoms with E-state index in [1.165, 1.54) is 4.90 Å². The van der Waals surface area contributed by atoms with Crippen molar-refractivity contribution in [1.82, 2.24) is 20.2 Å². The summed E-state index contributed by atoms with van der Waals surface area (Å²) in [5.74, 6) is -1.59.